The molecule has 1 atom stereocenters. The van der Waals surface area contributed by atoms with Gasteiger partial charge in [0.25, 0.3) is 5.91 Å². The lowest BCUT2D eigenvalue weighted by atomic mass is 9.92. The van der Waals surface area contributed by atoms with Crippen molar-refractivity contribution in [2.75, 3.05) is 0 Å². The summed E-state index contributed by atoms with van der Waals surface area (Å²) in [7, 11) is 1.79. The first kappa shape index (κ1) is 15.6. The predicted molar refractivity (Wildman–Crippen MR) is 92.4 cm³/mol. The van der Waals surface area contributed by atoms with Gasteiger partial charge < -0.3 is 5.32 Å². The molecule has 0 fully saturated rings. The number of nitrogens with zero attached hydrogens (tertiary/aromatic N) is 5. The predicted octanol–water partition coefficient (Wildman–Crippen LogP) is 2.12. The molecule has 0 aromatic carbocycles. The summed E-state index contributed by atoms with van der Waals surface area (Å²) in [4.78, 5) is 16.7. The first-order valence-electron chi connectivity index (χ1n) is 8.42. The SMILES string of the molecule is Cc1cc(C(=O)N[C@H]2CCCc3c2cnn3-c2ccncc2)n(C)n1. The van der Waals surface area contributed by atoms with E-state index >= 15 is 0 Å². The minimum Gasteiger partial charge on any atom is -0.344 e. The van der Waals surface area contributed by atoms with Crippen LogP contribution in [0.4, 0.5) is 0 Å². The summed E-state index contributed by atoms with van der Waals surface area (Å²) >= 11 is 0. The van der Waals surface area contributed by atoms with Gasteiger partial charge in [-0.3, -0.25) is 14.5 Å². The molecule has 3 aromatic rings. The number of rotatable bonds is 3. The van der Waals surface area contributed by atoms with Crippen molar-refractivity contribution in [3.63, 3.8) is 0 Å². The fraction of sp³-hybridized carbons (Fsp3) is 0.333. The number of hydrogen-bond acceptors (Lipinski definition) is 4. The van der Waals surface area contributed by atoms with Gasteiger partial charge in [0.2, 0.25) is 0 Å². The lowest BCUT2D eigenvalue weighted by molar-refractivity contribution is 0.0923. The minimum absolute atomic E-state index is 0.0259. The van der Waals surface area contributed by atoms with Crippen LogP contribution in [-0.2, 0) is 13.5 Å². The Morgan fingerprint density at radius 3 is 2.84 bits per heavy atom. The van der Waals surface area contributed by atoms with Crippen LogP contribution in [0.2, 0.25) is 0 Å². The first-order valence-corrected chi connectivity index (χ1v) is 8.42. The molecule has 0 aliphatic heterocycles. The molecular weight excluding hydrogens is 316 g/mol. The van der Waals surface area contributed by atoms with Crippen LogP contribution in [0.15, 0.2) is 36.8 Å². The third kappa shape index (κ3) is 2.82. The molecule has 7 nitrogen and oxygen atoms in total. The molecule has 25 heavy (non-hydrogen) atoms. The van der Waals surface area contributed by atoms with Crippen LogP contribution in [0.3, 0.4) is 0 Å². The molecule has 0 spiro atoms. The second-order valence-corrected chi connectivity index (χ2v) is 6.38. The Morgan fingerprint density at radius 1 is 1.32 bits per heavy atom. The van der Waals surface area contributed by atoms with Crippen molar-refractivity contribution >= 4 is 5.91 Å². The van der Waals surface area contributed by atoms with E-state index in [2.05, 4.69) is 20.5 Å². The summed E-state index contributed by atoms with van der Waals surface area (Å²) in [6, 6.07) is 5.66. The first-order chi connectivity index (χ1) is 12.1. The maximum Gasteiger partial charge on any atom is 0.270 e. The Labute approximate surface area is 145 Å². The molecule has 1 aliphatic carbocycles. The Balaban J connectivity index is 1.61. The van der Waals surface area contributed by atoms with Gasteiger partial charge in [0.05, 0.1) is 23.6 Å². The van der Waals surface area contributed by atoms with Crippen molar-refractivity contribution in [3.8, 4) is 5.69 Å². The van der Waals surface area contributed by atoms with Crippen molar-refractivity contribution in [3.05, 3.63) is 59.4 Å². The standard InChI is InChI=1S/C18H20N6O/c1-12-10-17(23(2)22-12)18(25)21-15-4-3-5-16-14(15)11-20-24(16)13-6-8-19-9-7-13/h6-11,15H,3-5H2,1-2H3,(H,21,25)/t15-/m0/s1. The fourth-order valence-electron chi connectivity index (χ4n) is 3.47. The van der Waals surface area contributed by atoms with Crippen LogP contribution in [-0.4, -0.2) is 30.5 Å². The summed E-state index contributed by atoms with van der Waals surface area (Å²) in [6.45, 7) is 1.88. The third-order valence-corrected chi connectivity index (χ3v) is 4.63. The molecule has 0 bridgehead atoms. The number of aryl methyl sites for hydroxylation is 2. The number of amides is 1. The van der Waals surface area contributed by atoms with E-state index in [1.54, 1.807) is 30.2 Å². The van der Waals surface area contributed by atoms with Gasteiger partial charge in [0.15, 0.2) is 0 Å². The van der Waals surface area contributed by atoms with E-state index in [1.165, 1.54) is 0 Å². The highest BCUT2D eigenvalue weighted by molar-refractivity contribution is 5.93. The number of nitrogens with one attached hydrogen (secondary N) is 1. The monoisotopic (exact) mass is 336 g/mol. The number of aromatic nitrogens is 5. The maximum atomic E-state index is 12.6. The van der Waals surface area contributed by atoms with Crippen molar-refractivity contribution in [1.82, 2.24) is 29.9 Å². The molecule has 7 heteroatoms. The van der Waals surface area contributed by atoms with E-state index < -0.39 is 0 Å². The molecule has 0 radical (unpaired) electrons. The quantitative estimate of drug-likeness (QED) is 0.795. The van der Waals surface area contributed by atoms with E-state index in [0.717, 1.165) is 41.9 Å². The molecule has 3 heterocycles. The highest BCUT2D eigenvalue weighted by Gasteiger charge is 2.27. The highest BCUT2D eigenvalue weighted by atomic mass is 16.2. The number of carbonyl (C=O) groups excluding carboxylic acids is 1. The molecule has 0 saturated carbocycles. The number of pyridine rings is 1. The molecule has 128 valence electrons. The number of fused-ring (bicyclic) bond motifs is 1. The van der Waals surface area contributed by atoms with Crippen LogP contribution >= 0.6 is 0 Å². The Kier molecular flexibility index (Phi) is 3.83. The molecule has 1 amide bonds. The average molecular weight is 336 g/mol. The highest BCUT2D eigenvalue weighted by Crippen LogP contribution is 2.31. The van der Waals surface area contributed by atoms with E-state index in [1.807, 2.05) is 29.9 Å². The van der Waals surface area contributed by atoms with Crippen LogP contribution in [0, 0.1) is 6.92 Å². The lowest BCUT2D eigenvalue weighted by Gasteiger charge is -2.24. The van der Waals surface area contributed by atoms with E-state index in [-0.39, 0.29) is 11.9 Å². The van der Waals surface area contributed by atoms with Crippen molar-refractivity contribution in [1.29, 1.82) is 0 Å². The Bertz CT molecular complexity index is 911. The van der Waals surface area contributed by atoms with Gasteiger partial charge in [-0.15, -0.1) is 0 Å². The molecule has 0 unspecified atom stereocenters. The van der Waals surface area contributed by atoms with Crippen molar-refractivity contribution in [2.24, 2.45) is 7.05 Å². The zero-order valence-corrected chi connectivity index (χ0v) is 14.3. The maximum absolute atomic E-state index is 12.6. The molecule has 3 aromatic heterocycles. The van der Waals surface area contributed by atoms with Crippen LogP contribution in [0.1, 0.15) is 46.3 Å². The topological polar surface area (TPSA) is 77.6 Å². The number of hydrogen-bond donors (Lipinski definition) is 1. The van der Waals surface area contributed by atoms with Crippen LogP contribution in [0.25, 0.3) is 5.69 Å². The van der Waals surface area contributed by atoms with E-state index in [0.29, 0.717) is 5.69 Å². The van der Waals surface area contributed by atoms with E-state index in [4.69, 9.17) is 0 Å². The molecule has 0 saturated heterocycles. The molecule has 1 N–H and O–H groups in total. The second kappa shape index (κ2) is 6.16. The van der Waals surface area contributed by atoms with Crippen molar-refractivity contribution < 1.29 is 4.79 Å². The smallest absolute Gasteiger partial charge is 0.270 e. The summed E-state index contributed by atoms with van der Waals surface area (Å²) in [5.74, 6) is -0.0994. The van der Waals surface area contributed by atoms with Gasteiger partial charge in [-0.2, -0.15) is 10.2 Å². The Morgan fingerprint density at radius 2 is 2.12 bits per heavy atom. The summed E-state index contributed by atoms with van der Waals surface area (Å²) in [5.41, 5.74) is 4.65. The summed E-state index contributed by atoms with van der Waals surface area (Å²) in [6.07, 6.45) is 8.27. The third-order valence-electron chi connectivity index (χ3n) is 4.63. The van der Waals surface area contributed by atoms with Crippen LogP contribution in [0.5, 0.6) is 0 Å². The minimum atomic E-state index is -0.0994. The zero-order chi connectivity index (χ0) is 17.4. The fourth-order valence-corrected chi connectivity index (χ4v) is 3.47. The normalized spacial score (nSPS) is 16.5. The van der Waals surface area contributed by atoms with Crippen LogP contribution < -0.4 is 5.32 Å². The molecule has 1 aliphatic rings. The van der Waals surface area contributed by atoms with Gasteiger partial charge in [0.1, 0.15) is 5.69 Å². The van der Waals surface area contributed by atoms with Gasteiger partial charge in [-0.1, -0.05) is 0 Å². The van der Waals surface area contributed by atoms with Gasteiger partial charge in [0, 0.05) is 30.7 Å². The van der Waals surface area contributed by atoms with E-state index in [9.17, 15) is 4.79 Å². The van der Waals surface area contributed by atoms with Gasteiger partial charge in [-0.25, -0.2) is 4.68 Å². The second-order valence-electron chi connectivity index (χ2n) is 6.38. The largest absolute Gasteiger partial charge is 0.344 e. The number of carbonyl (C=O) groups is 1. The summed E-state index contributed by atoms with van der Waals surface area (Å²) in [5, 5.41) is 11.9. The zero-order valence-electron chi connectivity index (χ0n) is 14.3. The van der Waals surface area contributed by atoms with Gasteiger partial charge in [-0.05, 0) is 44.4 Å². The van der Waals surface area contributed by atoms with Crippen molar-refractivity contribution in [2.45, 2.75) is 32.2 Å². The lowest BCUT2D eigenvalue weighted by Crippen LogP contribution is -2.32. The Hall–Kier alpha value is -2.96. The summed E-state index contributed by atoms with van der Waals surface area (Å²) < 4.78 is 3.57. The molecule has 4 rings (SSSR count). The van der Waals surface area contributed by atoms with Gasteiger partial charge >= 0.3 is 0 Å². The average Bonchev–Trinajstić information content (AvgIpc) is 3.19. The molecular formula is C18H20N6O.